The van der Waals surface area contributed by atoms with E-state index in [1.165, 1.54) is 6.26 Å². The van der Waals surface area contributed by atoms with Crippen LogP contribution in [0.5, 0.6) is 0 Å². The van der Waals surface area contributed by atoms with Crippen LogP contribution in [0, 0.1) is 11.8 Å². The van der Waals surface area contributed by atoms with Crippen molar-refractivity contribution in [2.45, 2.75) is 13.0 Å². The van der Waals surface area contributed by atoms with Crippen molar-refractivity contribution in [3.8, 4) is 11.5 Å². The van der Waals surface area contributed by atoms with Crippen molar-refractivity contribution in [1.29, 1.82) is 0 Å². The van der Waals surface area contributed by atoms with Crippen molar-refractivity contribution in [3.63, 3.8) is 0 Å². The molecule has 1 aromatic heterocycles. The number of hydrogen-bond donors (Lipinski definition) is 2. The molecule has 0 saturated heterocycles. The Labute approximate surface area is 120 Å². The average Bonchev–Trinajstić information content (AvgIpc) is 3.17. The van der Waals surface area contributed by atoms with E-state index in [1.807, 2.05) is 30.3 Å². The van der Waals surface area contributed by atoms with Gasteiger partial charge in [-0.2, -0.15) is 0 Å². The SMILES string of the molecule is O=C(O)[C@H]1C[C@H]1C(=O)NCc1coc(-c2ccccc2)n1. The Balaban J connectivity index is 1.56. The quantitative estimate of drug-likeness (QED) is 0.872. The molecule has 108 valence electrons. The second-order valence-corrected chi connectivity index (χ2v) is 5.01. The van der Waals surface area contributed by atoms with Crippen LogP contribution in [0.1, 0.15) is 12.1 Å². The van der Waals surface area contributed by atoms with Gasteiger partial charge in [0, 0.05) is 5.56 Å². The summed E-state index contributed by atoms with van der Waals surface area (Å²) < 4.78 is 5.36. The lowest BCUT2D eigenvalue weighted by Gasteiger charge is -2.00. The van der Waals surface area contributed by atoms with Gasteiger partial charge >= 0.3 is 5.97 Å². The van der Waals surface area contributed by atoms with Crippen molar-refractivity contribution in [1.82, 2.24) is 10.3 Å². The van der Waals surface area contributed by atoms with Crippen LogP contribution in [-0.4, -0.2) is 22.0 Å². The van der Waals surface area contributed by atoms with Gasteiger partial charge in [0.15, 0.2) is 0 Å². The molecule has 2 aromatic rings. The molecule has 1 saturated carbocycles. The van der Waals surface area contributed by atoms with Gasteiger partial charge in [-0.15, -0.1) is 0 Å². The van der Waals surface area contributed by atoms with E-state index in [0.717, 1.165) is 5.56 Å². The first-order valence-corrected chi connectivity index (χ1v) is 6.65. The van der Waals surface area contributed by atoms with Gasteiger partial charge < -0.3 is 14.8 Å². The van der Waals surface area contributed by atoms with Crippen LogP contribution in [0.4, 0.5) is 0 Å². The molecule has 0 unspecified atom stereocenters. The van der Waals surface area contributed by atoms with Crippen LogP contribution >= 0.6 is 0 Å². The summed E-state index contributed by atoms with van der Waals surface area (Å²) in [6, 6.07) is 9.45. The zero-order valence-electron chi connectivity index (χ0n) is 11.2. The first kappa shape index (κ1) is 13.4. The van der Waals surface area contributed by atoms with Crippen LogP contribution < -0.4 is 5.32 Å². The molecule has 6 heteroatoms. The monoisotopic (exact) mass is 286 g/mol. The zero-order valence-corrected chi connectivity index (χ0v) is 11.2. The van der Waals surface area contributed by atoms with Crippen molar-refractivity contribution in [2.75, 3.05) is 0 Å². The molecule has 1 aliphatic rings. The minimum absolute atomic E-state index is 0.234. The summed E-state index contributed by atoms with van der Waals surface area (Å²) in [4.78, 5) is 26.7. The molecule has 0 bridgehead atoms. The number of aliphatic carboxylic acids is 1. The van der Waals surface area contributed by atoms with Crippen LogP contribution in [0.3, 0.4) is 0 Å². The topological polar surface area (TPSA) is 92.4 Å². The number of oxazole rings is 1. The number of rotatable bonds is 5. The van der Waals surface area contributed by atoms with Gasteiger partial charge in [0.05, 0.1) is 24.1 Å². The molecule has 2 N–H and O–H groups in total. The number of carbonyl (C=O) groups excluding carboxylic acids is 1. The maximum atomic E-state index is 11.7. The smallest absolute Gasteiger partial charge is 0.307 e. The van der Waals surface area contributed by atoms with E-state index < -0.39 is 17.8 Å². The predicted octanol–water partition coefficient (Wildman–Crippen LogP) is 1.68. The summed E-state index contributed by atoms with van der Waals surface area (Å²) in [5.41, 5.74) is 1.47. The first-order chi connectivity index (χ1) is 10.1. The second-order valence-electron chi connectivity index (χ2n) is 5.01. The van der Waals surface area contributed by atoms with E-state index in [4.69, 9.17) is 9.52 Å². The average molecular weight is 286 g/mol. The van der Waals surface area contributed by atoms with Gasteiger partial charge in [-0.05, 0) is 18.6 Å². The fraction of sp³-hybridized carbons (Fsp3) is 0.267. The molecule has 0 spiro atoms. The number of nitrogens with zero attached hydrogens (tertiary/aromatic N) is 1. The summed E-state index contributed by atoms with van der Waals surface area (Å²) >= 11 is 0. The normalized spacial score (nSPS) is 20.0. The zero-order chi connectivity index (χ0) is 14.8. The highest BCUT2D eigenvalue weighted by Crippen LogP contribution is 2.38. The van der Waals surface area contributed by atoms with Crippen LogP contribution in [0.2, 0.25) is 0 Å². The standard InChI is InChI=1S/C15H14N2O4/c18-13(11-6-12(11)15(19)20)16-7-10-8-21-14(17-10)9-4-2-1-3-5-9/h1-5,8,11-12H,6-7H2,(H,16,18)(H,19,20)/t11-,12+/m1/s1. The van der Waals surface area contributed by atoms with E-state index >= 15 is 0 Å². The molecule has 0 radical (unpaired) electrons. The minimum atomic E-state index is -0.914. The van der Waals surface area contributed by atoms with Gasteiger partial charge in [-0.25, -0.2) is 4.98 Å². The molecule has 6 nitrogen and oxygen atoms in total. The Morgan fingerprint density at radius 1 is 1.29 bits per heavy atom. The van der Waals surface area contributed by atoms with Crippen molar-refractivity contribution in [3.05, 3.63) is 42.3 Å². The maximum Gasteiger partial charge on any atom is 0.307 e. The van der Waals surface area contributed by atoms with Crippen molar-refractivity contribution >= 4 is 11.9 Å². The summed E-state index contributed by atoms with van der Waals surface area (Å²) in [5, 5.41) is 11.5. The summed E-state index contributed by atoms with van der Waals surface area (Å²) in [7, 11) is 0. The van der Waals surface area contributed by atoms with E-state index in [1.54, 1.807) is 0 Å². The Morgan fingerprint density at radius 3 is 2.71 bits per heavy atom. The maximum absolute atomic E-state index is 11.7. The van der Waals surface area contributed by atoms with E-state index in [2.05, 4.69) is 10.3 Å². The third-order valence-electron chi connectivity index (χ3n) is 3.46. The molecular weight excluding hydrogens is 272 g/mol. The molecule has 0 aliphatic heterocycles. The van der Waals surface area contributed by atoms with E-state index in [0.29, 0.717) is 18.0 Å². The highest BCUT2D eigenvalue weighted by atomic mass is 16.4. The van der Waals surface area contributed by atoms with Gasteiger partial charge in [-0.3, -0.25) is 9.59 Å². The fourth-order valence-electron chi connectivity index (χ4n) is 2.17. The molecule has 1 amide bonds. The molecule has 1 heterocycles. The number of carbonyl (C=O) groups is 2. The molecule has 2 atom stereocenters. The summed E-state index contributed by atoms with van der Waals surface area (Å²) in [6.45, 7) is 0.234. The van der Waals surface area contributed by atoms with Crippen LogP contribution in [0.15, 0.2) is 41.0 Å². The Kier molecular flexibility index (Phi) is 3.43. The van der Waals surface area contributed by atoms with E-state index in [9.17, 15) is 9.59 Å². The second kappa shape index (κ2) is 5.40. The van der Waals surface area contributed by atoms with E-state index in [-0.39, 0.29) is 12.5 Å². The number of benzene rings is 1. The highest BCUT2D eigenvalue weighted by Gasteiger charge is 2.48. The molecule has 1 aliphatic carbocycles. The van der Waals surface area contributed by atoms with Gasteiger partial charge in [0.25, 0.3) is 0 Å². The number of hydrogen-bond acceptors (Lipinski definition) is 4. The lowest BCUT2D eigenvalue weighted by Crippen LogP contribution is -2.26. The molecular formula is C15H14N2O4. The Bertz CT molecular complexity index is 665. The molecule has 1 aromatic carbocycles. The largest absolute Gasteiger partial charge is 0.481 e. The van der Waals surface area contributed by atoms with Crippen molar-refractivity contribution < 1.29 is 19.1 Å². The summed E-state index contributed by atoms with van der Waals surface area (Å²) in [5.74, 6) is -1.62. The van der Waals surface area contributed by atoms with Gasteiger partial charge in [0.1, 0.15) is 6.26 Å². The Morgan fingerprint density at radius 2 is 2.05 bits per heavy atom. The summed E-state index contributed by atoms with van der Waals surface area (Å²) in [6.07, 6.45) is 1.90. The fourth-order valence-corrected chi connectivity index (χ4v) is 2.17. The third kappa shape index (κ3) is 2.94. The number of carboxylic acid groups (broad SMARTS) is 1. The van der Waals surface area contributed by atoms with Crippen LogP contribution in [-0.2, 0) is 16.1 Å². The number of aromatic nitrogens is 1. The Hall–Kier alpha value is -2.63. The molecule has 1 fully saturated rings. The third-order valence-corrected chi connectivity index (χ3v) is 3.46. The molecule has 3 rings (SSSR count). The predicted molar refractivity (Wildman–Crippen MR) is 73.0 cm³/mol. The highest BCUT2D eigenvalue weighted by molar-refractivity contribution is 5.89. The number of nitrogens with one attached hydrogen (secondary N) is 1. The number of carboxylic acids is 1. The lowest BCUT2D eigenvalue weighted by atomic mass is 10.2. The van der Waals surface area contributed by atoms with Crippen molar-refractivity contribution in [2.24, 2.45) is 11.8 Å². The number of amides is 1. The first-order valence-electron chi connectivity index (χ1n) is 6.65. The van der Waals surface area contributed by atoms with Gasteiger partial charge in [-0.1, -0.05) is 18.2 Å². The minimum Gasteiger partial charge on any atom is -0.481 e. The molecule has 21 heavy (non-hydrogen) atoms. The lowest BCUT2D eigenvalue weighted by molar-refractivity contribution is -0.140. The van der Waals surface area contributed by atoms with Crippen LogP contribution in [0.25, 0.3) is 11.5 Å². The van der Waals surface area contributed by atoms with Gasteiger partial charge in [0.2, 0.25) is 11.8 Å².